The van der Waals surface area contributed by atoms with Crippen molar-refractivity contribution in [2.75, 3.05) is 28.2 Å². The lowest BCUT2D eigenvalue weighted by Crippen LogP contribution is -2.48. The van der Waals surface area contributed by atoms with Crippen LogP contribution in [0.5, 0.6) is 0 Å². The van der Waals surface area contributed by atoms with Crippen LogP contribution in [0.4, 0.5) is 35.2 Å². The first-order valence-electron chi connectivity index (χ1n) is 10.6. The van der Waals surface area contributed by atoms with E-state index >= 15 is 0 Å². The molecule has 0 radical (unpaired) electrons. The second-order valence-electron chi connectivity index (χ2n) is 8.27. The van der Waals surface area contributed by atoms with Gasteiger partial charge in [-0.25, -0.2) is 9.78 Å². The Morgan fingerprint density at radius 1 is 1.21 bits per heavy atom. The van der Waals surface area contributed by atoms with Gasteiger partial charge >= 0.3 is 12.2 Å². The van der Waals surface area contributed by atoms with Crippen molar-refractivity contribution in [2.24, 2.45) is 7.05 Å². The molecule has 2 aliphatic rings. The molecule has 4 heterocycles. The summed E-state index contributed by atoms with van der Waals surface area (Å²) in [5.41, 5.74) is 2.05. The molecule has 1 N–H and O–H groups in total. The molecule has 5 rings (SSSR count). The molecule has 3 aromatic rings. The van der Waals surface area contributed by atoms with Gasteiger partial charge in [0.1, 0.15) is 5.69 Å². The van der Waals surface area contributed by atoms with E-state index in [1.807, 2.05) is 19.2 Å². The third kappa shape index (κ3) is 3.87. The van der Waals surface area contributed by atoms with Crippen LogP contribution < -0.4 is 15.1 Å². The van der Waals surface area contributed by atoms with Crippen LogP contribution in [0.25, 0.3) is 10.9 Å². The molecular formula is C22H21F3N6O2. The second-order valence-corrected chi connectivity index (χ2v) is 8.27. The summed E-state index contributed by atoms with van der Waals surface area (Å²) in [6.07, 6.45) is -3.93. The molecule has 1 atom stereocenters. The van der Waals surface area contributed by atoms with Gasteiger partial charge in [0.05, 0.1) is 35.6 Å². The van der Waals surface area contributed by atoms with Crippen LogP contribution in [0, 0.1) is 0 Å². The van der Waals surface area contributed by atoms with Crippen molar-refractivity contribution in [3.8, 4) is 0 Å². The highest BCUT2D eigenvalue weighted by Crippen LogP contribution is 2.39. The van der Waals surface area contributed by atoms with E-state index in [4.69, 9.17) is 0 Å². The fraction of sp³-hybridized carbons (Fsp3) is 0.364. The van der Waals surface area contributed by atoms with Gasteiger partial charge < -0.3 is 10.2 Å². The van der Waals surface area contributed by atoms with E-state index in [-0.39, 0.29) is 17.6 Å². The molecule has 2 aliphatic heterocycles. The smallest absolute Gasteiger partial charge is 0.366 e. The van der Waals surface area contributed by atoms with E-state index in [2.05, 4.69) is 20.3 Å². The highest BCUT2D eigenvalue weighted by Gasteiger charge is 2.40. The molecule has 1 saturated heterocycles. The van der Waals surface area contributed by atoms with Gasteiger partial charge in [0.25, 0.3) is 0 Å². The SMILES string of the molecule is Cn1ncc2c(NC(=O)N3c4nc(C(=O)CCC(F)(F)F)ccc4N4CC[C@H]3C4)cccc21. The number of urea groups is 1. The number of amides is 2. The van der Waals surface area contributed by atoms with E-state index in [0.29, 0.717) is 17.9 Å². The molecule has 33 heavy (non-hydrogen) atoms. The molecular weight excluding hydrogens is 437 g/mol. The van der Waals surface area contributed by atoms with E-state index in [0.717, 1.165) is 23.9 Å². The Kier molecular flexibility index (Phi) is 4.98. The van der Waals surface area contributed by atoms with Crippen molar-refractivity contribution in [3.05, 3.63) is 42.2 Å². The minimum absolute atomic E-state index is 0.0762. The summed E-state index contributed by atoms with van der Waals surface area (Å²) in [4.78, 5) is 33.7. The molecule has 0 aliphatic carbocycles. The lowest BCUT2D eigenvalue weighted by Gasteiger charge is -2.35. The van der Waals surface area contributed by atoms with E-state index < -0.39 is 30.8 Å². The van der Waals surface area contributed by atoms with Crippen LogP contribution >= 0.6 is 0 Å². The van der Waals surface area contributed by atoms with Crippen molar-refractivity contribution >= 4 is 39.9 Å². The number of fused-ring (bicyclic) bond motifs is 5. The number of alkyl halides is 3. The predicted molar refractivity (Wildman–Crippen MR) is 117 cm³/mol. The van der Waals surface area contributed by atoms with Crippen molar-refractivity contribution in [3.63, 3.8) is 0 Å². The summed E-state index contributed by atoms with van der Waals surface area (Å²) in [7, 11) is 1.81. The Bertz CT molecular complexity index is 1250. The van der Waals surface area contributed by atoms with Gasteiger partial charge in [0, 0.05) is 31.9 Å². The fourth-order valence-electron chi connectivity index (χ4n) is 4.47. The van der Waals surface area contributed by atoms with Gasteiger partial charge in [-0.05, 0) is 30.7 Å². The number of nitrogens with zero attached hydrogens (tertiary/aromatic N) is 5. The number of nitrogens with one attached hydrogen (secondary N) is 1. The molecule has 1 aromatic carbocycles. The number of hydrogen-bond donors (Lipinski definition) is 1. The zero-order valence-electron chi connectivity index (χ0n) is 17.8. The number of carbonyl (C=O) groups is 2. The summed E-state index contributed by atoms with van der Waals surface area (Å²) in [6, 6.07) is 8.01. The molecule has 172 valence electrons. The number of ketones is 1. The standard InChI is InChI=1S/C22H21F3N6O2/c1-29-17-4-2-3-15(14(17)11-26-29)28-21(33)31-13-8-10-30(12-13)18-6-5-16(27-20(18)31)19(32)7-9-22(23,24)25/h2-6,11,13H,7-10,12H2,1H3,(H,28,33)/t13-/m0/s1. The first-order chi connectivity index (χ1) is 15.7. The average molecular weight is 458 g/mol. The Morgan fingerprint density at radius 3 is 2.82 bits per heavy atom. The van der Waals surface area contributed by atoms with Gasteiger partial charge in [0.15, 0.2) is 11.6 Å². The molecule has 8 nitrogen and oxygen atoms in total. The lowest BCUT2D eigenvalue weighted by molar-refractivity contribution is -0.133. The maximum Gasteiger partial charge on any atom is 0.389 e. The molecule has 1 fully saturated rings. The minimum Gasteiger partial charge on any atom is -0.366 e. The lowest BCUT2D eigenvalue weighted by atomic mass is 10.1. The summed E-state index contributed by atoms with van der Waals surface area (Å²) < 4.78 is 39.4. The Morgan fingerprint density at radius 2 is 2.03 bits per heavy atom. The number of anilines is 3. The number of pyridine rings is 1. The number of Topliss-reactive ketones (excluding diaryl/α,β-unsaturated/α-hetero) is 1. The van der Waals surface area contributed by atoms with E-state index in [9.17, 15) is 22.8 Å². The minimum atomic E-state index is -4.42. The van der Waals surface area contributed by atoms with Crippen LogP contribution in [0.1, 0.15) is 29.8 Å². The molecule has 0 unspecified atom stereocenters. The van der Waals surface area contributed by atoms with Gasteiger partial charge in [-0.3, -0.25) is 14.4 Å². The summed E-state index contributed by atoms with van der Waals surface area (Å²) in [6.45, 7) is 1.35. The third-order valence-electron chi connectivity index (χ3n) is 6.13. The second kappa shape index (κ2) is 7.75. The molecule has 0 spiro atoms. The van der Waals surface area contributed by atoms with Crippen LogP contribution in [-0.2, 0) is 7.05 Å². The van der Waals surface area contributed by atoms with Crippen molar-refractivity contribution in [1.82, 2.24) is 14.8 Å². The average Bonchev–Trinajstić information content (AvgIpc) is 3.36. The van der Waals surface area contributed by atoms with Crippen LogP contribution in [0.3, 0.4) is 0 Å². The number of aryl methyl sites for hydroxylation is 1. The Labute approximate surface area is 187 Å². The zero-order valence-corrected chi connectivity index (χ0v) is 17.8. The number of carbonyl (C=O) groups excluding carboxylic acids is 2. The summed E-state index contributed by atoms with van der Waals surface area (Å²) in [5.74, 6) is -0.416. The zero-order chi connectivity index (χ0) is 23.3. The quantitative estimate of drug-likeness (QED) is 0.595. The number of aromatic nitrogens is 3. The Hall–Kier alpha value is -3.63. The van der Waals surface area contributed by atoms with E-state index in [1.54, 1.807) is 23.0 Å². The summed E-state index contributed by atoms with van der Waals surface area (Å²) in [5, 5.41) is 7.94. The number of hydrogen-bond acceptors (Lipinski definition) is 5. The van der Waals surface area contributed by atoms with Gasteiger partial charge in [-0.2, -0.15) is 18.3 Å². The first-order valence-corrected chi connectivity index (χ1v) is 10.6. The maximum atomic E-state index is 13.4. The number of halogens is 3. The molecule has 0 saturated carbocycles. The third-order valence-corrected chi connectivity index (χ3v) is 6.13. The van der Waals surface area contributed by atoms with E-state index in [1.165, 1.54) is 11.0 Å². The Balaban J connectivity index is 1.46. The topological polar surface area (TPSA) is 83.4 Å². The normalized spacial score (nSPS) is 17.4. The number of benzene rings is 1. The van der Waals surface area contributed by atoms with Gasteiger partial charge in [-0.1, -0.05) is 6.07 Å². The van der Waals surface area contributed by atoms with Crippen molar-refractivity contribution < 1.29 is 22.8 Å². The van der Waals surface area contributed by atoms with Gasteiger partial charge in [-0.15, -0.1) is 0 Å². The fourth-order valence-corrected chi connectivity index (χ4v) is 4.47. The predicted octanol–water partition coefficient (Wildman–Crippen LogP) is 4.12. The molecule has 11 heteroatoms. The molecule has 2 bridgehead atoms. The van der Waals surface area contributed by atoms with Crippen molar-refractivity contribution in [1.29, 1.82) is 0 Å². The number of rotatable bonds is 4. The monoisotopic (exact) mass is 458 g/mol. The molecule has 2 aromatic heterocycles. The maximum absolute atomic E-state index is 13.4. The first kappa shape index (κ1) is 21.2. The molecule has 2 amide bonds. The summed E-state index contributed by atoms with van der Waals surface area (Å²) >= 11 is 0. The van der Waals surface area contributed by atoms with Gasteiger partial charge in [0.2, 0.25) is 0 Å². The van der Waals surface area contributed by atoms with Crippen LogP contribution in [-0.4, -0.2) is 51.9 Å². The van der Waals surface area contributed by atoms with Crippen LogP contribution in [0.2, 0.25) is 0 Å². The van der Waals surface area contributed by atoms with Crippen molar-refractivity contribution in [2.45, 2.75) is 31.5 Å². The highest BCUT2D eigenvalue weighted by molar-refractivity contribution is 6.09. The van der Waals surface area contributed by atoms with Crippen LogP contribution in [0.15, 0.2) is 36.5 Å². The largest absolute Gasteiger partial charge is 0.389 e. The highest BCUT2D eigenvalue weighted by atomic mass is 19.4.